The summed E-state index contributed by atoms with van der Waals surface area (Å²) in [6.45, 7) is 0. The van der Waals surface area contributed by atoms with Crippen LogP contribution in [0.4, 0.5) is 5.69 Å². The number of nitrogens with one attached hydrogen (secondary N) is 2. The number of rotatable bonds is 5. The van der Waals surface area contributed by atoms with Crippen molar-refractivity contribution in [1.29, 1.82) is 0 Å². The van der Waals surface area contributed by atoms with Gasteiger partial charge < -0.3 is 10.1 Å². The SMILES string of the molecule is O=C(N/N=C/c1ccc(OC(=O)c2cccs2)cc1)C(=O)Nc1ccccc1. The summed E-state index contributed by atoms with van der Waals surface area (Å²) in [6, 6.07) is 18.6. The summed E-state index contributed by atoms with van der Waals surface area (Å²) < 4.78 is 5.25. The number of esters is 1. The number of hydrogen-bond donors (Lipinski definition) is 2. The zero-order valence-electron chi connectivity index (χ0n) is 14.5. The predicted octanol–water partition coefficient (Wildman–Crippen LogP) is 3.06. The Balaban J connectivity index is 1.49. The lowest BCUT2D eigenvalue weighted by Crippen LogP contribution is -2.32. The molecule has 1 heterocycles. The normalized spacial score (nSPS) is 10.4. The molecule has 0 saturated carbocycles. The summed E-state index contributed by atoms with van der Waals surface area (Å²) in [7, 11) is 0. The largest absolute Gasteiger partial charge is 0.422 e. The monoisotopic (exact) mass is 393 g/mol. The topological polar surface area (TPSA) is 96.9 Å². The highest BCUT2D eigenvalue weighted by Crippen LogP contribution is 2.16. The third kappa shape index (κ3) is 5.36. The number of hydrogen-bond acceptors (Lipinski definition) is 6. The summed E-state index contributed by atoms with van der Waals surface area (Å²) in [5.41, 5.74) is 3.32. The second kappa shape index (κ2) is 9.24. The van der Waals surface area contributed by atoms with Crippen LogP contribution >= 0.6 is 11.3 Å². The number of benzene rings is 2. The summed E-state index contributed by atoms with van der Waals surface area (Å²) in [5.74, 6) is -1.74. The minimum Gasteiger partial charge on any atom is -0.422 e. The van der Waals surface area contributed by atoms with Gasteiger partial charge in [-0.05, 0) is 53.4 Å². The number of amides is 2. The van der Waals surface area contributed by atoms with Crippen LogP contribution in [0.3, 0.4) is 0 Å². The number of thiophene rings is 1. The molecule has 2 N–H and O–H groups in total. The molecule has 1 aromatic heterocycles. The molecule has 0 aliphatic heterocycles. The van der Waals surface area contributed by atoms with E-state index in [2.05, 4.69) is 15.8 Å². The molecule has 0 fully saturated rings. The minimum atomic E-state index is -0.887. The number of hydrazone groups is 1. The molecule has 0 atom stereocenters. The van der Waals surface area contributed by atoms with E-state index in [1.165, 1.54) is 17.6 Å². The highest BCUT2D eigenvalue weighted by atomic mass is 32.1. The van der Waals surface area contributed by atoms with E-state index in [1.807, 2.05) is 0 Å². The number of carbonyl (C=O) groups is 3. The maximum absolute atomic E-state index is 11.9. The molecule has 0 unspecified atom stereocenters. The van der Waals surface area contributed by atoms with Crippen molar-refractivity contribution in [3.63, 3.8) is 0 Å². The fourth-order valence-electron chi connectivity index (χ4n) is 2.10. The van der Waals surface area contributed by atoms with Gasteiger partial charge in [-0.25, -0.2) is 10.2 Å². The lowest BCUT2D eigenvalue weighted by molar-refractivity contribution is -0.136. The fraction of sp³-hybridized carbons (Fsp3) is 0. The van der Waals surface area contributed by atoms with Gasteiger partial charge in [-0.3, -0.25) is 9.59 Å². The maximum Gasteiger partial charge on any atom is 0.353 e. The second-order valence-electron chi connectivity index (χ2n) is 5.46. The molecular formula is C20H15N3O4S. The quantitative estimate of drug-likeness (QED) is 0.229. The Morgan fingerprint density at radius 2 is 1.64 bits per heavy atom. The van der Waals surface area contributed by atoms with Gasteiger partial charge in [-0.2, -0.15) is 5.10 Å². The Bertz CT molecular complexity index is 984. The lowest BCUT2D eigenvalue weighted by atomic mass is 10.2. The first-order valence-corrected chi connectivity index (χ1v) is 9.05. The first-order valence-electron chi connectivity index (χ1n) is 8.17. The molecule has 7 nitrogen and oxygen atoms in total. The minimum absolute atomic E-state index is 0.391. The molecule has 0 aliphatic rings. The van der Waals surface area contributed by atoms with Crippen molar-refractivity contribution in [2.75, 3.05) is 5.32 Å². The number of anilines is 1. The van der Waals surface area contributed by atoms with Crippen molar-refractivity contribution in [2.24, 2.45) is 5.10 Å². The van der Waals surface area contributed by atoms with E-state index in [9.17, 15) is 14.4 Å². The number of nitrogens with zero attached hydrogens (tertiary/aromatic N) is 1. The van der Waals surface area contributed by atoms with Crippen molar-refractivity contribution < 1.29 is 19.1 Å². The van der Waals surface area contributed by atoms with Crippen LogP contribution in [0.1, 0.15) is 15.2 Å². The molecule has 0 bridgehead atoms. The van der Waals surface area contributed by atoms with Gasteiger partial charge in [0, 0.05) is 5.69 Å². The van der Waals surface area contributed by atoms with E-state index in [-0.39, 0.29) is 0 Å². The molecule has 8 heteroatoms. The van der Waals surface area contributed by atoms with Crippen LogP contribution in [0.25, 0.3) is 0 Å². The third-order valence-corrected chi connectivity index (χ3v) is 4.28. The molecule has 2 amide bonds. The van der Waals surface area contributed by atoms with Crippen LogP contribution in [0.15, 0.2) is 77.2 Å². The molecule has 2 aromatic carbocycles. The Morgan fingerprint density at radius 3 is 2.32 bits per heavy atom. The smallest absolute Gasteiger partial charge is 0.353 e. The Hall–Kier alpha value is -3.78. The molecule has 28 heavy (non-hydrogen) atoms. The lowest BCUT2D eigenvalue weighted by Gasteiger charge is -2.03. The van der Waals surface area contributed by atoms with E-state index in [0.717, 1.165) is 0 Å². The average molecular weight is 393 g/mol. The van der Waals surface area contributed by atoms with Crippen LogP contribution in [0, 0.1) is 0 Å². The Labute approximate surface area is 164 Å². The van der Waals surface area contributed by atoms with Crippen LogP contribution in [-0.2, 0) is 9.59 Å². The van der Waals surface area contributed by atoms with Crippen LogP contribution in [0.5, 0.6) is 5.75 Å². The van der Waals surface area contributed by atoms with Crippen molar-refractivity contribution in [2.45, 2.75) is 0 Å². The highest BCUT2D eigenvalue weighted by Gasteiger charge is 2.12. The molecular weight excluding hydrogens is 378 g/mol. The molecule has 140 valence electrons. The van der Waals surface area contributed by atoms with Gasteiger partial charge in [-0.15, -0.1) is 11.3 Å². The van der Waals surface area contributed by atoms with Gasteiger partial charge in [0.05, 0.1) is 6.21 Å². The Morgan fingerprint density at radius 1 is 0.893 bits per heavy atom. The van der Waals surface area contributed by atoms with E-state index in [1.54, 1.807) is 72.1 Å². The average Bonchev–Trinajstić information content (AvgIpc) is 3.25. The van der Waals surface area contributed by atoms with Crippen LogP contribution in [0.2, 0.25) is 0 Å². The van der Waals surface area contributed by atoms with Crippen LogP contribution in [-0.4, -0.2) is 24.0 Å². The molecule has 3 rings (SSSR count). The van der Waals surface area contributed by atoms with Crippen molar-refractivity contribution >= 4 is 41.0 Å². The van der Waals surface area contributed by atoms with Crippen LogP contribution < -0.4 is 15.5 Å². The molecule has 0 aliphatic carbocycles. The second-order valence-corrected chi connectivity index (χ2v) is 6.40. The van der Waals surface area contributed by atoms with Crippen molar-refractivity contribution in [3.8, 4) is 5.75 Å². The van der Waals surface area contributed by atoms with Gasteiger partial charge >= 0.3 is 17.8 Å². The molecule has 0 radical (unpaired) electrons. The molecule has 0 saturated heterocycles. The van der Waals surface area contributed by atoms with E-state index >= 15 is 0 Å². The van der Waals surface area contributed by atoms with Gasteiger partial charge in [0.15, 0.2) is 0 Å². The number of carbonyl (C=O) groups excluding carboxylic acids is 3. The summed E-state index contributed by atoms with van der Waals surface area (Å²) in [5, 5.41) is 8.00. The highest BCUT2D eigenvalue weighted by molar-refractivity contribution is 7.12. The van der Waals surface area contributed by atoms with Gasteiger partial charge in [-0.1, -0.05) is 24.3 Å². The summed E-state index contributed by atoms with van der Waals surface area (Å²) in [6.07, 6.45) is 1.37. The predicted molar refractivity (Wildman–Crippen MR) is 107 cm³/mol. The zero-order valence-corrected chi connectivity index (χ0v) is 15.3. The zero-order chi connectivity index (χ0) is 19.8. The van der Waals surface area contributed by atoms with Crippen molar-refractivity contribution in [3.05, 3.63) is 82.6 Å². The first kappa shape index (κ1) is 19.0. The van der Waals surface area contributed by atoms with E-state index in [4.69, 9.17) is 4.74 Å². The summed E-state index contributed by atoms with van der Waals surface area (Å²) in [4.78, 5) is 35.9. The first-order chi connectivity index (χ1) is 13.6. The molecule has 0 spiro atoms. The standard InChI is InChI=1S/C20H15N3O4S/c24-18(22-15-5-2-1-3-6-15)19(25)23-21-13-14-8-10-16(11-9-14)27-20(26)17-7-4-12-28-17/h1-13H,(H,22,24)(H,23,25)/b21-13+. The number of para-hydroxylation sites is 1. The fourth-order valence-corrected chi connectivity index (χ4v) is 2.70. The maximum atomic E-state index is 11.9. The van der Waals surface area contributed by atoms with Gasteiger partial charge in [0.2, 0.25) is 0 Å². The third-order valence-electron chi connectivity index (χ3n) is 3.43. The van der Waals surface area contributed by atoms with Crippen molar-refractivity contribution in [1.82, 2.24) is 5.43 Å². The van der Waals surface area contributed by atoms with E-state index in [0.29, 0.717) is 21.9 Å². The van der Waals surface area contributed by atoms with Gasteiger partial charge in [0.1, 0.15) is 10.6 Å². The Kier molecular flexibility index (Phi) is 6.27. The van der Waals surface area contributed by atoms with E-state index < -0.39 is 17.8 Å². The van der Waals surface area contributed by atoms with Gasteiger partial charge in [0.25, 0.3) is 0 Å². The molecule has 3 aromatic rings. The number of ether oxygens (including phenoxy) is 1. The summed E-state index contributed by atoms with van der Waals surface area (Å²) >= 11 is 1.30.